The number of para-hydroxylation sites is 1. The van der Waals surface area contributed by atoms with Crippen molar-refractivity contribution in [1.82, 2.24) is 0 Å². The van der Waals surface area contributed by atoms with Crippen LogP contribution in [-0.2, 0) is 0 Å². The smallest absolute Gasteiger partial charge is 0.255 e. The topological polar surface area (TPSA) is 56.8 Å². The molecule has 5 nitrogen and oxygen atoms in total. The number of carbonyl (C=O) groups excluding carboxylic acids is 1. The second kappa shape index (κ2) is 8.76. The molecule has 27 heavy (non-hydrogen) atoms. The number of nitrogens with one attached hydrogen (secondary N) is 1. The lowest BCUT2D eigenvalue weighted by Crippen LogP contribution is -2.13. The summed E-state index contributed by atoms with van der Waals surface area (Å²) in [7, 11) is 1.58. The SMILES string of the molecule is CCOc1ccc(OC)cc1NC(=O)c1ccc(Oc2ccccc2)cc1. The normalized spacial score (nSPS) is 10.1. The van der Waals surface area contributed by atoms with Gasteiger partial charge in [0.15, 0.2) is 0 Å². The molecule has 0 saturated heterocycles. The summed E-state index contributed by atoms with van der Waals surface area (Å²) in [4.78, 5) is 12.6. The van der Waals surface area contributed by atoms with Crippen molar-refractivity contribution in [2.75, 3.05) is 19.0 Å². The minimum absolute atomic E-state index is 0.240. The monoisotopic (exact) mass is 363 g/mol. The molecule has 0 atom stereocenters. The van der Waals surface area contributed by atoms with Gasteiger partial charge in [-0.25, -0.2) is 0 Å². The predicted molar refractivity (Wildman–Crippen MR) is 105 cm³/mol. The molecule has 0 heterocycles. The van der Waals surface area contributed by atoms with E-state index in [1.807, 2.05) is 37.3 Å². The largest absolute Gasteiger partial charge is 0.497 e. The zero-order valence-electron chi connectivity index (χ0n) is 15.3. The molecule has 3 rings (SSSR count). The van der Waals surface area contributed by atoms with Gasteiger partial charge in [0.25, 0.3) is 5.91 Å². The van der Waals surface area contributed by atoms with E-state index in [1.165, 1.54) is 0 Å². The van der Waals surface area contributed by atoms with Crippen LogP contribution in [0.4, 0.5) is 5.69 Å². The Morgan fingerprint density at radius 1 is 0.889 bits per heavy atom. The molecule has 0 aliphatic carbocycles. The lowest BCUT2D eigenvalue weighted by Gasteiger charge is -2.13. The zero-order valence-corrected chi connectivity index (χ0v) is 15.3. The Balaban J connectivity index is 1.73. The van der Waals surface area contributed by atoms with Crippen LogP contribution < -0.4 is 19.5 Å². The van der Waals surface area contributed by atoms with E-state index in [1.54, 1.807) is 49.6 Å². The maximum Gasteiger partial charge on any atom is 0.255 e. The second-order valence-corrected chi connectivity index (χ2v) is 5.69. The molecule has 0 aliphatic rings. The number of hydrogen-bond acceptors (Lipinski definition) is 4. The van der Waals surface area contributed by atoms with Gasteiger partial charge in [-0.2, -0.15) is 0 Å². The summed E-state index contributed by atoms with van der Waals surface area (Å²) >= 11 is 0. The number of amides is 1. The molecule has 0 unspecified atom stereocenters. The van der Waals surface area contributed by atoms with Crippen molar-refractivity contribution >= 4 is 11.6 Å². The molecule has 0 radical (unpaired) electrons. The first kappa shape index (κ1) is 18.3. The third-order valence-corrected chi connectivity index (χ3v) is 3.83. The number of rotatable bonds is 7. The molecule has 0 bridgehead atoms. The van der Waals surface area contributed by atoms with E-state index in [-0.39, 0.29) is 5.91 Å². The Morgan fingerprint density at radius 3 is 2.22 bits per heavy atom. The lowest BCUT2D eigenvalue weighted by molar-refractivity contribution is 0.102. The van der Waals surface area contributed by atoms with Crippen LogP contribution in [0.15, 0.2) is 72.8 Å². The van der Waals surface area contributed by atoms with E-state index in [0.29, 0.717) is 35.1 Å². The van der Waals surface area contributed by atoms with Crippen LogP contribution in [0.25, 0.3) is 0 Å². The van der Waals surface area contributed by atoms with Crippen LogP contribution in [0.3, 0.4) is 0 Å². The average Bonchev–Trinajstić information content (AvgIpc) is 2.70. The van der Waals surface area contributed by atoms with Gasteiger partial charge in [0.05, 0.1) is 19.4 Å². The van der Waals surface area contributed by atoms with Crippen LogP contribution in [-0.4, -0.2) is 19.6 Å². The summed E-state index contributed by atoms with van der Waals surface area (Å²) in [5, 5.41) is 2.87. The van der Waals surface area contributed by atoms with Crippen molar-refractivity contribution in [3.05, 3.63) is 78.4 Å². The molecule has 0 spiro atoms. The van der Waals surface area contributed by atoms with E-state index in [2.05, 4.69) is 5.32 Å². The van der Waals surface area contributed by atoms with Crippen molar-refractivity contribution in [3.63, 3.8) is 0 Å². The van der Waals surface area contributed by atoms with Crippen molar-refractivity contribution in [1.29, 1.82) is 0 Å². The van der Waals surface area contributed by atoms with Gasteiger partial charge < -0.3 is 19.5 Å². The minimum Gasteiger partial charge on any atom is -0.497 e. The van der Waals surface area contributed by atoms with Gasteiger partial charge >= 0.3 is 0 Å². The summed E-state index contributed by atoms with van der Waals surface area (Å²) in [5.74, 6) is 2.40. The highest BCUT2D eigenvalue weighted by molar-refractivity contribution is 6.05. The summed E-state index contributed by atoms with van der Waals surface area (Å²) in [6.45, 7) is 2.39. The van der Waals surface area contributed by atoms with Gasteiger partial charge in [-0.1, -0.05) is 18.2 Å². The van der Waals surface area contributed by atoms with Gasteiger partial charge in [0.1, 0.15) is 23.0 Å². The summed E-state index contributed by atoms with van der Waals surface area (Å²) in [5.41, 5.74) is 1.08. The van der Waals surface area contributed by atoms with E-state index < -0.39 is 0 Å². The predicted octanol–water partition coefficient (Wildman–Crippen LogP) is 5.14. The number of carbonyl (C=O) groups is 1. The molecule has 0 aromatic heterocycles. The minimum atomic E-state index is -0.240. The van der Waals surface area contributed by atoms with Crippen LogP contribution in [0.1, 0.15) is 17.3 Å². The fourth-order valence-corrected chi connectivity index (χ4v) is 2.51. The first-order valence-electron chi connectivity index (χ1n) is 8.64. The number of anilines is 1. The lowest BCUT2D eigenvalue weighted by atomic mass is 10.2. The maximum absolute atomic E-state index is 12.6. The van der Waals surface area contributed by atoms with Crippen molar-refractivity contribution in [2.24, 2.45) is 0 Å². The van der Waals surface area contributed by atoms with Crippen molar-refractivity contribution in [2.45, 2.75) is 6.92 Å². The summed E-state index contributed by atoms with van der Waals surface area (Å²) in [6, 6.07) is 21.7. The van der Waals surface area contributed by atoms with E-state index in [4.69, 9.17) is 14.2 Å². The quantitative estimate of drug-likeness (QED) is 0.631. The highest BCUT2D eigenvalue weighted by atomic mass is 16.5. The number of benzene rings is 3. The molecular formula is C22H21NO4. The average molecular weight is 363 g/mol. The van der Waals surface area contributed by atoms with Gasteiger partial charge in [0.2, 0.25) is 0 Å². The number of ether oxygens (including phenoxy) is 3. The molecule has 0 aliphatic heterocycles. The molecule has 1 N–H and O–H groups in total. The third kappa shape index (κ3) is 4.79. The Morgan fingerprint density at radius 2 is 1.56 bits per heavy atom. The highest BCUT2D eigenvalue weighted by Crippen LogP contribution is 2.30. The molecule has 3 aromatic carbocycles. The van der Waals surface area contributed by atoms with Gasteiger partial charge in [-0.05, 0) is 55.5 Å². The number of methoxy groups -OCH3 is 1. The molecule has 0 saturated carbocycles. The fraction of sp³-hybridized carbons (Fsp3) is 0.136. The van der Waals surface area contributed by atoms with Gasteiger partial charge in [0, 0.05) is 11.6 Å². The Labute approximate surface area is 158 Å². The van der Waals surface area contributed by atoms with E-state index >= 15 is 0 Å². The first-order chi connectivity index (χ1) is 13.2. The van der Waals surface area contributed by atoms with Crippen LogP contribution >= 0.6 is 0 Å². The summed E-state index contributed by atoms with van der Waals surface area (Å²) < 4.78 is 16.5. The van der Waals surface area contributed by atoms with Crippen LogP contribution in [0, 0.1) is 0 Å². The van der Waals surface area contributed by atoms with Crippen LogP contribution in [0.2, 0.25) is 0 Å². The molecule has 3 aromatic rings. The fourth-order valence-electron chi connectivity index (χ4n) is 2.51. The van der Waals surface area contributed by atoms with E-state index in [0.717, 1.165) is 5.75 Å². The molecular weight excluding hydrogens is 342 g/mol. The van der Waals surface area contributed by atoms with Crippen LogP contribution in [0.5, 0.6) is 23.0 Å². The third-order valence-electron chi connectivity index (χ3n) is 3.83. The maximum atomic E-state index is 12.6. The Kier molecular flexibility index (Phi) is 5.94. The second-order valence-electron chi connectivity index (χ2n) is 5.69. The molecule has 1 amide bonds. The molecule has 0 fully saturated rings. The zero-order chi connectivity index (χ0) is 19.1. The van der Waals surface area contributed by atoms with Crippen molar-refractivity contribution < 1.29 is 19.0 Å². The molecule has 5 heteroatoms. The van der Waals surface area contributed by atoms with Gasteiger partial charge in [-0.15, -0.1) is 0 Å². The summed E-state index contributed by atoms with van der Waals surface area (Å²) in [6.07, 6.45) is 0. The number of hydrogen-bond donors (Lipinski definition) is 1. The highest BCUT2D eigenvalue weighted by Gasteiger charge is 2.12. The Bertz CT molecular complexity index is 892. The van der Waals surface area contributed by atoms with Crippen molar-refractivity contribution in [3.8, 4) is 23.0 Å². The van der Waals surface area contributed by atoms with E-state index in [9.17, 15) is 4.79 Å². The molecule has 138 valence electrons. The first-order valence-corrected chi connectivity index (χ1v) is 8.64. The standard InChI is InChI=1S/C22H21NO4/c1-3-26-21-14-13-19(25-2)15-20(21)23-22(24)16-9-11-18(12-10-16)27-17-7-5-4-6-8-17/h4-15H,3H2,1-2H3,(H,23,24). The Hall–Kier alpha value is -3.47. The van der Waals surface area contributed by atoms with Gasteiger partial charge in [-0.3, -0.25) is 4.79 Å².